The summed E-state index contributed by atoms with van der Waals surface area (Å²) in [6.45, 7) is 1.87. The fraction of sp³-hybridized carbons (Fsp3) is 0.125. The molecule has 8 heteroatoms. The summed E-state index contributed by atoms with van der Waals surface area (Å²) in [4.78, 5) is 0.0429. The second-order valence-corrected chi connectivity index (χ2v) is 9.23. The lowest BCUT2D eigenvalue weighted by Crippen LogP contribution is -2.10. The first kappa shape index (κ1) is 23.4. The van der Waals surface area contributed by atoms with E-state index < -0.39 is 10.1 Å². The van der Waals surface area contributed by atoms with Crippen LogP contribution in [0.4, 0.5) is 0 Å². The molecule has 0 bridgehead atoms. The lowest BCUT2D eigenvalue weighted by atomic mass is 10.0. The first-order valence-corrected chi connectivity index (χ1v) is 11.6. The van der Waals surface area contributed by atoms with E-state index in [1.165, 1.54) is 32.4 Å². The summed E-state index contributed by atoms with van der Waals surface area (Å²) in [5.41, 5.74) is 2.23. The highest BCUT2D eigenvalue weighted by Gasteiger charge is 2.19. The molecule has 164 valence electrons. The minimum Gasteiger partial charge on any atom is -0.493 e. The van der Waals surface area contributed by atoms with Gasteiger partial charge >= 0.3 is 10.1 Å². The molecule has 0 spiro atoms. The van der Waals surface area contributed by atoms with Crippen molar-refractivity contribution in [2.45, 2.75) is 11.8 Å². The van der Waals surface area contributed by atoms with Crippen molar-refractivity contribution >= 4 is 37.7 Å². The summed E-state index contributed by atoms with van der Waals surface area (Å²) >= 11 is 3.38. The molecule has 6 nitrogen and oxygen atoms in total. The van der Waals surface area contributed by atoms with Crippen LogP contribution in [0.15, 0.2) is 70.0 Å². The first-order chi connectivity index (χ1) is 15.3. The Morgan fingerprint density at radius 3 is 2.22 bits per heavy atom. The second kappa shape index (κ2) is 9.90. The van der Waals surface area contributed by atoms with Gasteiger partial charge in [-0.15, -0.1) is 0 Å². The summed E-state index contributed by atoms with van der Waals surface area (Å²) in [7, 11) is -1.02. The predicted octanol–water partition coefficient (Wildman–Crippen LogP) is 5.61. The van der Waals surface area contributed by atoms with Crippen molar-refractivity contribution < 1.29 is 22.1 Å². The number of allylic oxidation sites excluding steroid dienone is 1. The molecular formula is C24H20BrNO5S. The number of halogens is 1. The third kappa shape index (κ3) is 5.31. The Labute approximate surface area is 195 Å². The van der Waals surface area contributed by atoms with Crippen LogP contribution in [0.3, 0.4) is 0 Å². The second-order valence-electron chi connectivity index (χ2n) is 6.77. The van der Waals surface area contributed by atoms with E-state index in [1.807, 2.05) is 6.92 Å². The summed E-state index contributed by atoms with van der Waals surface area (Å²) in [6.07, 6.45) is 1.56. The number of methoxy groups -OCH3 is 2. The molecule has 0 saturated carbocycles. The van der Waals surface area contributed by atoms with Crippen molar-refractivity contribution in [3.8, 4) is 23.3 Å². The van der Waals surface area contributed by atoms with E-state index in [9.17, 15) is 13.7 Å². The summed E-state index contributed by atoms with van der Waals surface area (Å²) in [5.74, 6) is 1.10. The molecule has 3 aromatic rings. The zero-order valence-electron chi connectivity index (χ0n) is 17.6. The third-order valence-corrected chi connectivity index (χ3v) is 6.34. The Bertz CT molecular complexity index is 1310. The lowest BCUT2D eigenvalue weighted by molar-refractivity contribution is 0.355. The van der Waals surface area contributed by atoms with Crippen LogP contribution in [-0.4, -0.2) is 22.6 Å². The lowest BCUT2D eigenvalue weighted by Gasteiger charge is -2.12. The number of nitriles is 1. The summed E-state index contributed by atoms with van der Waals surface area (Å²) in [5, 5.41) is 9.77. The zero-order valence-corrected chi connectivity index (χ0v) is 20.0. The third-order valence-electron chi connectivity index (χ3n) is 4.60. The summed E-state index contributed by atoms with van der Waals surface area (Å²) in [6, 6.07) is 18.5. The minimum absolute atomic E-state index is 0.0429. The number of hydrogen-bond donors (Lipinski definition) is 0. The molecule has 0 fully saturated rings. The number of nitrogens with zero attached hydrogens (tertiary/aromatic N) is 1. The van der Waals surface area contributed by atoms with Crippen molar-refractivity contribution in [3.63, 3.8) is 0 Å². The Balaban J connectivity index is 2.04. The SMILES string of the molecule is COc1ccc(/C(C#N)=C/c2cc(Br)ccc2OS(=O)(=O)c2ccc(C)cc2)cc1OC. The molecule has 0 atom stereocenters. The maximum Gasteiger partial charge on any atom is 0.339 e. The largest absolute Gasteiger partial charge is 0.493 e. The molecule has 0 amide bonds. The van der Waals surface area contributed by atoms with Crippen LogP contribution in [0.2, 0.25) is 0 Å². The van der Waals surface area contributed by atoms with E-state index in [1.54, 1.807) is 48.5 Å². The first-order valence-electron chi connectivity index (χ1n) is 9.42. The van der Waals surface area contributed by atoms with Crippen LogP contribution in [-0.2, 0) is 10.1 Å². The Hall–Kier alpha value is -3.28. The van der Waals surface area contributed by atoms with Gasteiger partial charge in [0, 0.05) is 10.0 Å². The molecule has 32 heavy (non-hydrogen) atoms. The van der Waals surface area contributed by atoms with E-state index in [-0.39, 0.29) is 10.6 Å². The highest BCUT2D eigenvalue weighted by atomic mass is 79.9. The number of hydrogen-bond acceptors (Lipinski definition) is 6. The standard InChI is InChI=1S/C24H20BrNO5S/c1-16-4-8-21(9-5-16)32(27,28)31-22-11-7-20(25)13-18(22)12-19(15-26)17-6-10-23(29-2)24(14-17)30-3/h4-14H,1-3H3/b19-12+. The normalized spacial score (nSPS) is 11.5. The Kier molecular flexibility index (Phi) is 7.23. The molecule has 0 N–H and O–H groups in total. The van der Waals surface area contributed by atoms with Crippen LogP contribution in [0.5, 0.6) is 17.2 Å². The highest BCUT2D eigenvalue weighted by Crippen LogP contribution is 2.33. The number of ether oxygens (including phenoxy) is 2. The van der Waals surface area contributed by atoms with Gasteiger partial charge in [-0.05, 0) is 67.1 Å². The van der Waals surface area contributed by atoms with Gasteiger partial charge in [-0.2, -0.15) is 13.7 Å². The van der Waals surface area contributed by atoms with Gasteiger partial charge in [-0.1, -0.05) is 33.6 Å². The van der Waals surface area contributed by atoms with E-state index in [0.29, 0.717) is 32.7 Å². The molecule has 0 unspecified atom stereocenters. The Morgan fingerprint density at radius 2 is 1.59 bits per heavy atom. The molecule has 0 aliphatic heterocycles. The van der Waals surface area contributed by atoms with Crippen molar-refractivity contribution in [1.82, 2.24) is 0 Å². The molecule has 0 aliphatic carbocycles. The predicted molar refractivity (Wildman–Crippen MR) is 126 cm³/mol. The fourth-order valence-electron chi connectivity index (χ4n) is 2.92. The van der Waals surface area contributed by atoms with E-state index >= 15 is 0 Å². The molecule has 0 saturated heterocycles. The van der Waals surface area contributed by atoms with Gasteiger partial charge in [0.2, 0.25) is 0 Å². The number of benzene rings is 3. The Morgan fingerprint density at radius 1 is 0.938 bits per heavy atom. The van der Waals surface area contributed by atoms with Crippen LogP contribution in [0, 0.1) is 18.3 Å². The van der Waals surface area contributed by atoms with Crippen molar-refractivity contribution in [2.24, 2.45) is 0 Å². The molecule has 3 rings (SSSR count). The van der Waals surface area contributed by atoms with E-state index in [2.05, 4.69) is 22.0 Å². The highest BCUT2D eigenvalue weighted by molar-refractivity contribution is 9.10. The maximum absolute atomic E-state index is 12.8. The van der Waals surface area contributed by atoms with E-state index in [0.717, 1.165) is 5.56 Å². The van der Waals surface area contributed by atoms with Gasteiger partial charge in [-0.25, -0.2) is 0 Å². The minimum atomic E-state index is -4.06. The van der Waals surface area contributed by atoms with Gasteiger partial charge < -0.3 is 13.7 Å². The van der Waals surface area contributed by atoms with Gasteiger partial charge in [0.25, 0.3) is 0 Å². The van der Waals surface area contributed by atoms with Crippen molar-refractivity contribution in [3.05, 3.63) is 81.8 Å². The molecule has 3 aromatic carbocycles. The van der Waals surface area contributed by atoms with Crippen LogP contribution >= 0.6 is 15.9 Å². The van der Waals surface area contributed by atoms with Gasteiger partial charge in [-0.3, -0.25) is 0 Å². The molecular weight excluding hydrogens is 494 g/mol. The monoisotopic (exact) mass is 513 g/mol. The summed E-state index contributed by atoms with van der Waals surface area (Å²) < 4.78 is 42.2. The van der Waals surface area contributed by atoms with Gasteiger partial charge in [0.1, 0.15) is 10.6 Å². The molecule has 0 aromatic heterocycles. The quantitative estimate of drug-likeness (QED) is 0.232. The molecule has 0 radical (unpaired) electrons. The zero-order chi connectivity index (χ0) is 23.3. The topological polar surface area (TPSA) is 85.6 Å². The average molecular weight is 514 g/mol. The number of rotatable bonds is 7. The molecule has 0 heterocycles. The maximum atomic E-state index is 12.8. The van der Waals surface area contributed by atoms with Crippen LogP contribution in [0.1, 0.15) is 16.7 Å². The van der Waals surface area contributed by atoms with E-state index in [4.69, 9.17) is 13.7 Å². The van der Waals surface area contributed by atoms with Crippen LogP contribution in [0.25, 0.3) is 11.6 Å². The van der Waals surface area contributed by atoms with Gasteiger partial charge in [0.15, 0.2) is 11.5 Å². The fourth-order valence-corrected chi connectivity index (χ4v) is 4.25. The average Bonchev–Trinajstić information content (AvgIpc) is 2.78. The van der Waals surface area contributed by atoms with Crippen molar-refractivity contribution in [2.75, 3.05) is 14.2 Å². The van der Waals surface area contributed by atoms with Gasteiger partial charge in [0.05, 0.1) is 25.9 Å². The van der Waals surface area contributed by atoms with Crippen LogP contribution < -0.4 is 13.7 Å². The van der Waals surface area contributed by atoms with Crippen molar-refractivity contribution in [1.29, 1.82) is 5.26 Å². The molecule has 0 aliphatic rings. The number of aryl methyl sites for hydroxylation is 1. The smallest absolute Gasteiger partial charge is 0.339 e.